The molecule has 0 saturated heterocycles. The van der Waals surface area contributed by atoms with Gasteiger partial charge < -0.3 is 0 Å². The van der Waals surface area contributed by atoms with Crippen LogP contribution in [-0.4, -0.2) is 49.1 Å². The molecule has 0 unspecified atom stereocenters. The molecule has 34 heavy (non-hydrogen) atoms. The summed E-state index contributed by atoms with van der Waals surface area (Å²) in [6.07, 6.45) is 0. The number of halogens is 2. The molecule has 10 nitrogen and oxygen atoms in total. The van der Waals surface area contributed by atoms with Gasteiger partial charge in [-0.1, -0.05) is 60.1 Å². The first-order chi connectivity index (χ1) is 15.7. The van der Waals surface area contributed by atoms with Crippen LogP contribution in [0.25, 0.3) is 0 Å². The highest BCUT2D eigenvalue weighted by Gasteiger charge is 2.38. The monoisotopic (exact) mass is 588 g/mol. The molecule has 2 aliphatic carbocycles. The molecule has 2 aromatic rings. The van der Waals surface area contributed by atoms with Gasteiger partial charge in [0, 0.05) is 22.3 Å². The molecule has 0 saturated carbocycles. The second-order valence-electron chi connectivity index (χ2n) is 6.64. The van der Waals surface area contributed by atoms with Crippen molar-refractivity contribution < 1.29 is 45.1 Å². The van der Waals surface area contributed by atoms with Crippen molar-refractivity contribution in [2.24, 2.45) is 0 Å². The summed E-state index contributed by atoms with van der Waals surface area (Å²) in [5.74, 6) is -3.32. The van der Waals surface area contributed by atoms with Crippen molar-refractivity contribution in [2.75, 3.05) is 0 Å². The van der Waals surface area contributed by atoms with E-state index < -0.39 is 62.7 Å². The lowest BCUT2D eigenvalue weighted by molar-refractivity contribution is 0.0986. The van der Waals surface area contributed by atoms with Crippen LogP contribution in [0.1, 0.15) is 41.4 Å². The first-order valence-electron chi connectivity index (χ1n) is 8.79. The van der Waals surface area contributed by atoms with Gasteiger partial charge in [-0.2, -0.15) is 16.8 Å². The van der Waals surface area contributed by atoms with Crippen LogP contribution in [0.15, 0.2) is 67.9 Å². The van der Waals surface area contributed by atoms with Crippen molar-refractivity contribution in [1.29, 1.82) is 0 Å². The number of rotatable bonds is 2. The van der Waals surface area contributed by atoms with E-state index in [1.807, 2.05) is 0 Å². The number of fused-ring (bicyclic) bond motifs is 2. The summed E-state index contributed by atoms with van der Waals surface area (Å²) in [6, 6.07) is 11.5. The Hall–Kier alpha value is -2.81. The smallest absolute Gasteiger partial charge is 0.288 e. The van der Waals surface area contributed by atoms with Crippen molar-refractivity contribution in [3.63, 3.8) is 0 Å². The van der Waals surface area contributed by atoms with Gasteiger partial charge in [0.2, 0.25) is 23.1 Å². The minimum Gasteiger partial charge on any atom is -0.288 e. The van der Waals surface area contributed by atoms with Gasteiger partial charge in [0.15, 0.2) is 9.81 Å². The zero-order valence-electron chi connectivity index (χ0n) is 16.4. The van der Waals surface area contributed by atoms with Gasteiger partial charge in [-0.3, -0.25) is 28.3 Å². The number of hydrogen-bond acceptors (Lipinski definition) is 8. The highest BCUT2D eigenvalue weighted by Crippen LogP contribution is 2.32. The first kappa shape index (κ1) is 25.8. The van der Waals surface area contributed by atoms with E-state index in [1.54, 1.807) is 6.07 Å². The van der Waals surface area contributed by atoms with Crippen molar-refractivity contribution >= 4 is 70.9 Å². The molecule has 0 bridgehead atoms. The maximum atomic E-state index is 11.8. The van der Waals surface area contributed by atoms with E-state index in [0.717, 1.165) is 0 Å². The molecule has 0 fully saturated rings. The Morgan fingerprint density at radius 2 is 0.912 bits per heavy atom. The Balaban J connectivity index is 0.000000191. The van der Waals surface area contributed by atoms with Gasteiger partial charge in [-0.15, -0.1) is 0 Å². The van der Waals surface area contributed by atoms with Crippen molar-refractivity contribution in [3.8, 4) is 0 Å². The first-order valence-corrected chi connectivity index (χ1v) is 12.8. The fraction of sp³-hybridized carbons (Fsp3) is 0. The minimum absolute atomic E-state index is 0.0231. The van der Waals surface area contributed by atoms with Crippen LogP contribution >= 0.6 is 27.5 Å². The Kier molecular flexibility index (Phi) is 6.90. The maximum absolute atomic E-state index is 11.8. The van der Waals surface area contributed by atoms with E-state index >= 15 is 0 Å². The number of hydrogen-bond donors (Lipinski definition) is 2. The molecule has 14 heteroatoms. The van der Waals surface area contributed by atoms with Crippen LogP contribution in [0.3, 0.4) is 0 Å². The fourth-order valence-electron chi connectivity index (χ4n) is 3.11. The van der Waals surface area contributed by atoms with E-state index in [1.165, 1.54) is 42.5 Å². The Morgan fingerprint density at radius 1 is 0.588 bits per heavy atom. The molecule has 0 radical (unpaired) electrons. The summed E-state index contributed by atoms with van der Waals surface area (Å²) in [7, 11) is -9.56. The Morgan fingerprint density at radius 3 is 1.29 bits per heavy atom. The number of carbonyl (C=O) groups is 4. The third kappa shape index (κ3) is 4.58. The van der Waals surface area contributed by atoms with Crippen molar-refractivity contribution in [3.05, 3.63) is 90.1 Å². The number of Topliss-reactive ketones (excluding diaryl/α,β-unsaturated/α-hetero) is 4. The lowest BCUT2D eigenvalue weighted by Crippen LogP contribution is -2.24. The highest BCUT2D eigenvalue weighted by molar-refractivity contribution is 9.12. The Bertz CT molecular complexity index is 1460. The third-order valence-corrected chi connectivity index (χ3v) is 7.86. The fourth-order valence-corrected chi connectivity index (χ4v) is 5.92. The number of allylic oxidation sites excluding steroid dienone is 4. The predicted molar refractivity (Wildman–Crippen MR) is 122 cm³/mol. The average Bonchev–Trinajstić information content (AvgIpc) is 2.75. The van der Waals surface area contributed by atoms with E-state index in [9.17, 15) is 36.0 Å². The quantitative estimate of drug-likeness (QED) is 0.495. The van der Waals surface area contributed by atoms with Crippen molar-refractivity contribution in [1.82, 2.24) is 0 Å². The van der Waals surface area contributed by atoms with Gasteiger partial charge in [0.25, 0.3) is 20.2 Å². The van der Waals surface area contributed by atoms with Gasteiger partial charge in [-0.25, -0.2) is 0 Å². The lowest BCUT2D eigenvalue weighted by Gasteiger charge is -2.15. The molecule has 4 rings (SSSR count). The van der Waals surface area contributed by atoms with Crippen LogP contribution < -0.4 is 0 Å². The second kappa shape index (κ2) is 9.09. The van der Waals surface area contributed by atoms with E-state index in [2.05, 4.69) is 15.9 Å². The third-order valence-electron chi connectivity index (χ3n) is 4.56. The average molecular weight is 590 g/mol. The molecular weight excluding hydrogens is 580 g/mol. The van der Waals surface area contributed by atoms with Crippen molar-refractivity contribution in [2.45, 2.75) is 0 Å². The summed E-state index contributed by atoms with van der Waals surface area (Å²) in [5.41, 5.74) is 0.00882. The standard InChI is InChI=1S/C10H5BrO5S.C10H5ClO5S/c2*11-7-8(12)5-3-1-2-4-6(5)9(13)10(7)17(14,15)16/h2*1-4H,(H,14,15,16). The van der Waals surface area contributed by atoms with Crippen LogP contribution in [-0.2, 0) is 20.2 Å². The van der Waals surface area contributed by atoms with Crippen LogP contribution in [0.4, 0.5) is 0 Å². The molecular formula is C20H10BrClO10S2. The van der Waals surface area contributed by atoms with Gasteiger partial charge >= 0.3 is 0 Å². The molecule has 2 aromatic carbocycles. The molecule has 176 valence electrons. The lowest BCUT2D eigenvalue weighted by atomic mass is 9.95. The van der Waals surface area contributed by atoms with Crippen LogP contribution in [0.2, 0.25) is 0 Å². The van der Waals surface area contributed by atoms with Gasteiger partial charge in [-0.05, 0) is 15.9 Å². The number of benzene rings is 2. The predicted octanol–water partition coefficient (Wildman–Crippen LogP) is 2.96. The zero-order valence-corrected chi connectivity index (χ0v) is 20.3. The normalized spacial score (nSPS) is 16.1. The summed E-state index contributed by atoms with van der Waals surface area (Å²) >= 11 is 8.25. The molecule has 0 heterocycles. The SMILES string of the molecule is O=C1C(Br)=C(S(=O)(=O)O)C(=O)c2ccccc21.O=C1C(Cl)=C(S(=O)(=O)O)C(=O)c2ccccc21. The summed E-state index contributed by atoms with van der Waals surface area (Å²) in [6.45, 7) is 0. The zero-order chi connectivity index (χ0) is 25.6. The van der Waals surface area contributed by atoms with Crippen LogP contribution in [0.5, 0.6) is 0 Å². The molecule has 2 N–H and O–H groups in total. The Labute approximate surface area is 205 Å². The summed E-state index contributed by atoms with van der Waals surface area (Å²) in [4.78, 5) is 45.1. The van der Waals surface area contributed by atoms with Crippen LogP contribution in [0, 0.1) is 0 Å². The molecule has 0 aliphatic heterocycles. The summed E-state index contributed by atoms with van der Waals surface area (Å²) < 4.78 is 61.5. The molecule has 0 aromatic heterocycles. The molecule has 0 spiro atoms. The molecule has 2 aliphatic rings. The molecule has 0 atom stereocenters. The van der Waals surface area contributed by atoms with E-state index in [4.69, 9.17) is 20.7 Å². The largest absolute Gasteiger partial charge is 0.300 e. The molecule has 0 amide bonds. The maximum Gasteiger partial charge on any atom is 0.300 e. The highest BCUT2D eigenvalue weighted by atomic mass is 79.9. The topological polar surface area (TPSA) is 177 Å². The number of carbonyl (C=O) groups excluding carboxylic acids is 4. The minimum atomic E-state index is -4.82. The number of ketones is 4. The van der Waals surface area contributed by atoms with E-state index in [-0.39, 0.29) is 22.3 Å². The summed E-state index contributed by atoms with van der Waals surface area (Å²) in [5, 5.41) is -0.781. The van der Waals surface area contributed by atoms with E-state index in [0.29, 0.717) is 0 Å². The second-order valence-corrected chi connectivity index (χ2v) is 10.5. The van der Waals surface area contributed by atoms with Gasteiger partial charge in [0.05, 0.1) is 4.48 Å². The van der Waals surface area contributed by atoms with Gasteiger partial charge in [0.1, 0.15) is 5.03 Å².